The van der Waals surface area contributed by atoms with Gasteiger partial charge in [-0.2, -0.15) is 0 Å². The van der Waals surface area contributed by atoms with Gasteiger partial charge in [0.2, 0.25) is 0 Å². The maximum absolute atomic E-state index is 12.9. The number of aromatic nitrogens is 1. The van der Waals surface area contributed by atoms with Crippen LogP contribution in [0.3, 0.4) is 0 Å². The van der Waals surface area contributed by atoms with E-state index in [1.807, 2.05) is 30.5 Å². The van der Waals surface area contributed by atoms with Crippen LogP contribution >= 0.6 is 11.3 Å². The van der Waals surface area contributed by atoms with Crippen LogP contribution < -0.4 is 20.3 Å². The minimum Gasteiger partial charge on any atom is -0.497 e. The van der Waals surface area contributed by atoms with Crippen LogP contribution in [0.2, 0.25) is 0 Å². The number of ether oxygens (including phenoxy) is 1. The maximum atomic E-state index is 12.9. The summed E-state index contributed by atoms with van der Waals surface area (Å²) >= 11 is 1.51. The van der Waals surface area contributed by atoms with Crippen molar-refractivity contribution < 1.29 is 9.53 Å². The zero-order chi connectivity index (χ0) is 22.7. The van der Waals surface area contributed by atoms with Crippen LogP contribution in [0.25, 0.3) is 0 Å². The average molecular weight is 451 g/mol. The first-order chi connectivity index (χ1) is 15.4. The molecule has 1 aromatic heterocycles. The minimum atomic E-state index is -0.228. The molecular formula is C25H30N4O2S. The molecule has 0 saturated carbocycles. The number of rotatable bonds is 6. The van der Waals surface area contributed by atoms with Gasteiger partial charge in [0, 0.05) is 53.9 Å². The molecule has 2 N–H and O–H groups in total. The van der Waals surface area contributed by atoms with Gasteiger partial charge in [-0.1, -0.05) is 26.0 Å². The van der Waals surface area contributed by atoms with Crippen LogP contribution in [0.15, 0.2) is 48.7 Å². The Kier molecular flexibility index (Phi) is 6.48. The standard InChI is InChI=1S/C25H30N4O2S/c1-17-15-18(5-10-21(17)29-13-11-26-12-14-29)23(30)28-24-27-16-22(32-24)25(2,3)19-6-8-20(31-4)9-7-19/h5-10,15-16,26H,11-14H2,1-4H3,(H,27,28,30). The molecule has 2 heterocycles. The highest BCUT2D eigenvalue weighted by Crippen LogP contribution is 2.37. The SMILES string of the molecule is COc1ccc(C(C)(C)c2cnc(NC(=O)c3ccc(N4CCNCC4)c(C)c3)s2)cc1. The van der Waals surface area contributed by atoms with Crippen molar-refractivity contribution >= 4 is 28.1 Å². The van der Waals surface area contributed by atoms with Crippen LogP contribution in [0.1, 0.15) is 40.2 Å². The van der Waals surface area contributed by atoms with Crippen molar-refractivity contribution in [3.05, 3.63) is 70.2 Å². The Morgan fingerprint density at radius 2 is 1.88 bits per heavy atom. The Labute approximate surface area is 193 Å². The van der Waals surface area contributed by atoms with Crippen LogP contribution in [0.5, 0.6) is 5.75 Å². The van der Waals surface area contributed by atoms with Gasteiger partial charge in [-0.05, 0) is 48.4 Å². The Bertz CT molecular complexity index is 1090. The Balaban J connectivity index is 1.46. The predicted molar refractivity (Wildman–Crippen MR) is 131 cm³/mol. The van der Waals surface area contributed by atoms with E-state index in [0.29, 0.717) is 10.7 Å². The number of hydrogen-bond donors (Lipinski definition) is 2. The second-order valence-electron chi connectivity index (χ2n) is 8.58. The number of hydrogen-bond acceptors (Lipinski definition) is 6. The van der Waals surface area contributed by atoms with Gasteiger partial charge < -0.3 is 15.0 Å². The number of thiazole rings is 1. The molecule has 3 aromatic rings. The average Bonchev–Trinajstić information content (AvgIpc) is 3.29. The highest BCUT2D eigenvalue weighted by atomic mass is 32.1. The molecule has 2 aromatic carbocycles. The summed E-state index contributed by atoms with van der Waals surface area (Å²) in [4.78, 5) is 20.8. The predicted octanol–water partition coefficient (Wildman–Crippen LogP) is 4.45. The van der Waals surface area contributed by atoms with Crippen LogP contribution in [-0.2, 0) is 5.41 Å². The molecule has 0 bridgehead atoms. The number of methoxy groups -OCH3 is 1. The lowest BCUT2D eigenvalue weighted by Crippen LogP contribution is -2.43. The van der Waals surface area contributed by atoms with Gasteiger partial charge in [0.1, 0.15) is 5.75 Å². The maximum Gasteiger partial charge on any atom is 0.257 e. The molecule has 0 spiro atoms. The zero-order valence-corrected chi connectivity index (χ0v) is 19.9. The summed E-state index contributed by atoms with van der Waals surface area (Å²) < 4.78 is 5.26. The molecule has 0 atom stereocenters. The summed E-state index contributed by atoms with van der Waals surface area (Å²) in [5, 5.41) is 6.95. The fourth-order valence-electron chi connectivity index (χ4n) is 4.00. The molecule has 32 heavy (non-hydrogen) atoms. The van der Waals surface area contributed by atoms with E-state index in [1.54, 1.807) is 7.11 Å². The van der Waals surface area contributed by atoms with Crippen molar-refractivity contribution in [3.63, 3.8) is 0 Å². The molecule has 168 valence electrons. The number of piperazine rings is 1. The third-order valence-corrected chi connectivity index (χ3v) is 7.31. The first-order valence-corrected chi connectivity index (χ1v) is 11.7. The molecule has 1 saturated heterocycles. The minimum absolute atomic E-state index is 0.136. The number of nitrogens with zero attached hydrogens (tertiary/aromatic N) is 2. The third-order valence-electron chi connectivity index (χ3n) is 6.07. The van der Waals surface area contributed by atoms with Gasteiger partial charge in [-0.15, -0.1) is 11.3 Å². The number of nitrogens with one attached hydrogen (secondary N) is 2. The van der Waals surface area contributed by atoms with Gasteiger partial charge in [-0.25, -0.2) is 4.98 Å². The van der Waals surface area contributed by atoms with Gasteiger partial charge >= 0.3 is 0 Å². The van der Waals surface area contributed by atoms with Crippen LogP contribution in [-0.4, -0.2) is 44.2 Å². The third kappa shape index (κ3) is 4.64. The molecule has 1 aliphatic heterocycles. The molecule has 0 aliphatic carbocycles. The van der Waals surface area contributed by atoms with Crippen molar-refractivity contribution in [2.75, 3.05) is 43.5 Å². The van der Waals surface area contributed by atoms with Crippen LogP contribution in [0, 0.1) is 6.92 Å². The summed E-state index contributed by atoms with van der Waals surface area (Å²) in [7, 11) is 1.67. The fourth-order valence-corrected chi connectivity index (χ4v) is 4.93. The molecule has 0 unspecified atom stereocenters. The second-order valence-corrected chi connectivity index (χ2v) is 9.61. The summed E-state index contributed by atoms with van der Waals surface area (Å²) in [6.45, 7) is 10.3. The van der Waals surface area contributed by atoms with Crippen molar-refractivity contribution in [1.82, 2.24) is 10.3 Å². The normalized spacial score (nSPS) is 14.3. The molecule has 1 amide bonds. The summed E-state index contributed by atoms with van der Waals surface area (Å²) in [6, 6.07) is 14.0. The van der Waals surface area contributed by atoms with E-state index in [2.05, 4.69) is 59.5 Å². The largest absolute Gasteiger partial charge is 0.497 e. The number of benzene rings is 2. The van der Waals surface area contributed by atoms with E-state index >= 15 is 0 Å². The van der Waals surface area contributed by atoms with E-state index in [1.165, 1.54) is 22.6 Å². The quantitative estimate of drug-likeness (QED) is 0.581. The first kappa shape index (κ1) is 22.3. The number of amides is 1. The number of anilines is 2. The lowest BCUT2D eigenvalue weighted by molar-refractivity contribution is 0.102. The highest BCUT2D eigenvalue weighted by Gasteiger charge is 2.26. The van der Waals surface area contributed by atoms with Crippen molar-refractivity contribution in [1.29, 1.82) is 0 Å². The Morgan fingerprint density at radius 3 is 2.53 bits per heavy atom. The topological polar surface area (TPSA) is 66.5 Å². The van der Waals surface area contributed by atoms with Crippen LogP contribution in [0.4, 0.5) is 10.8 Å². The van der Waals surface area contributed by atoms with E-state index in [-0.39, 0.29) is 11.3 Å². The van der Waals surface area contributed by atoms with Crippen molar-refractivity contribution in [2.45, 2.75) is 26.2 Å². The lowest BCUT2D eigenvalue weighted by Gasteiger charge is -2.30. The van der Waals surface area contributed by atoms with Gasteiger partial charge in [-0.3, -0.25) is 10.1 Å². The zero-order valence-electron chi connectivity index (χ0n) is 19.1. The van der Waals surface area contributed by atoms with E-state index < -0.39 is 0 Å². The molecular weight excluding hydrogens is 420 g/mol. The van der Waals surface area contributed by atoms with E-state index in [9.17, 15) is 4.79 Å². The molecule has 4 rings (SSSR count). The summed E-state index contributed by atoms with van der Waals surface area (Å²) in [5.41, 5.74) is 3.89. The Hall–Kier alpha value is -2.90. The Morgan fingerprint density at radius 1 is 1.16 bits per heavy atom. The molecule has 7 heteroatoms. The second kappa shape index (κ2) is 9.30. The van der Waals surface area contributed by atoms with Crippen molar-refractivity contribution in [2.24, 2.45) is 0 Å². The number of aryl methyl sites for hydroxylation is 1. The van der Waals surface area contributed by atoms with E-state index in [4.69, 9.17) is 4.74 Å². The van der Waals surface area contributed by atoms with E-state index in [0.717, 1.165) is 42.4 Å². The van der Waals surface area contributed by atoms with Gasteiger partial charge in [0.25, 0.3) is 5.91 Å². The first-order valence-electron chi connectivity index (χ1n) is 10.9. The van der Waals surface area contributed by atoms with Gasteiger partial charge in [0.15, 0.2) is 5.13 Å². The lowest BCUT2D eigenvalue weighted by atomic mass is 9.83. The monoisotopic (exact) mass is 450 g/mol. The highest BCUT2D eigenvalue weighted by molar-refractivity contribution is 7.15. The molecule has 0 radical (unpaired) electrons. The number of carbonyl (C=O) groups excluding carboxylic acids is 1. The molecule has 6 nitrogen and oxygen atoms in total. The van der Waals surface area contributed by atoms with Crippen molar-refractivity contribution in [3.8, 4) is 5.75 Å². The molecule has 1 aliphatic rings. The smallest absolute Gasteiger partial charge is 0.257 e. The number of carbonyl (C=O) groups is 1. The molecule has 1 fully saturated rings. The summed E-state index contributed by atoms with van der Waals surface area (Å²) in [5.74, 6) is 0.697. The summed E-state index contributed by atoms with van der Waals surface area (Å²) in [6.07, 6.45) is 1.85. The van der Waals surface area contributed by atoms with Gasteiger partial charge in [0.05, 0.1) is 7.11 Å². The fraction of sp³-hybridized carbons (Fsp3) is 0.360.